The largest absolute Gasteiger partial charge is 0.481 e. The summed E-state index contributed by atoms with van der Waals surface area (Å²) in [7, 11) is 0. The van der Waals surface area contributed by atoms with Crippen molar-refractivity contribution in [2.24, 2.45) is 0 Å². The topological polar surface area (TPSA) is 61.1 Å². The fourth-order valence-electron chi connectivity index (χ4n) is 3.73. The molecule has 0 amide bonds. The fraction of sp³-hybridized carbons (Fsp3) is 0.333. The Labute approximate surface area is 142 Å². The molecule has 24 heavy (non-hydrogen) atoms. The molecule has 2 unspecified atom stereocenters. The normalized spacial score (nSPS) is 23.4. The average Bonchev–Trinajstić information content (AvgIpc) is 3.18. The van der Waals surface area contributed by atoms with Crippen LogP contribution in [0.2, 0.25) is 0 Å². The SMILES string of the molecule is CC1(C#N)CCc2ccccc21.O=C(O)C1CCc2ccccc21. The molecule has 3 heteroatoms. The first kappa shape index (κ1) is 16.3. The summed E-state index contributed by atoms with van der Waals surface area (Å²) >= 11 is 0. The number of hydrogen-bond acceptors (Lipinski definition) is 2. The number of rotatable bonds is 1. The second-order valence-corrected chi connectivity index (χ2v) is 6.73. The summed E-state index contributed by atoms with van der Waals surface area (Å²) < 4.78 is 0. The third kappa shape index (κ3) is 2.92. The molecule has 2 aliphatic carbocycles. The minimum atomic E-state index is -0.694. The van der Waals surface area contributed by atoms with E-state index in [-0.39, 0.29) is 11.3 Å². The van der Waals surface area contributed by atoms with Crippen molar-refractivity contribution >= 4 is 5.97 Å². The molecule has 0 radical (unpaired) electrons. The minimum Gasteiger partial charge on any atom is -0.481 e. The lowest BCUT2D eigenvalue weighted by Gasteiger charge is -2.14. The van der Waals surface area contributed by atoms with Crippen molar-refractivity contribution in [3.05, 3.63) is 70.8 Å². The van der Waals surface area contributed by atoms with E-state index in [1.165, 1.54) is 16.7 Å². The Morgan fingerprint density at radius 3 is 2.50 bits per heavy atom. The van der Waals surface area contributed by atoms with Crippen molar-refractivity contribution in [1.82, 2.24) is 0 Å². The highest BCUT2D eigenvalue weighted by Gasteiger charge is 2.33. The number of carboxylic acids is 1. The number of benzene rings is 2. The highest BCUT2D eigenvalue weighted by atomic mass is 16.4. The summed E-state index contributed by atoms with van der Waals surface area (Å²) in [6.07, 6.45) is 3.70. The van der Waals surface area contributed by atoms with Crippen LogP contribution in [0.4, 0.5) is 0 Å². The standard InChI is InChI=1S/C11H11N.C10H10O2/c1-11(8-12)7-6-9-4-2-3-5-10(9)11;11-10(12)9-6-5-7-3-1-2-4-8(7)9/h2-5H,6-7H2,1H3;1-4,9H,5-6H2,(H,11,12). The molecule has 4 rings (SSSR count). The number of carbonyl (C=O) groups is 1. The van der Waals surface area contributed by atoms with Crippen LogP contribution in [-0.4, -0.2) is 11.1 Å². The monoisotopic (exact) mass is 319 g/mol. The van der Waals surface area contributed by atoms with Gasteiger partial charge in [0.05, 0.1) is 17.4 Å². The van der Waals surface area contributed by atoms with Crippen molar-refractivity contribution < 1.29 is 9.90 Å². The Hall–Kier alpha value is -2.60. The lowest BCUT2D eigenvalue weighted by atomic mass is 9.86. The van der Waals surface area contributed by atoms with Gasteiger partial charge in [-0.05, 0) is 54.9 Å². The highest BCUT2D eigenvalue weighted by Crippen LogP contribution is 2.37. The molecular formula is C21H21NO2. The van der Waals surface area contributed by atoms with Crippen molar-refractivity contribution in [1.29, 1.82) is 5.26 Å². The van der Waals surface area contributed by atoms with Crippen LogP contribution >= 0.6 is 0 Å². The van der Waals surface area contributed by atoms with Crippen LogP contribution in [0, 0.1) is 11.3 Å². The van der Waals surface area contributed by atoms with Gasteiger partial charge in [-0.1, -0.05) is 48.5 Å². The maximum atomic E-state index is 10.8. The van der Waals surface area contributed by atoms with Crippen LogP contribution in [-0.2, 0) is 23.1 Å². The van der Waals surface area contributed by atoms with Gasteiger partial charge in [0.2, 0.25) is 0 Å². The predicted molar refractivity (Wildman–Crippen MR) is 92.9 cm³/mol. The number of aryl methyl sites for hydroxylation is 2. The van der Waals surface area contributed by atoms with Crippen LogP contribution < -0.4 is 0 Å². The van der Waals surface area contributed by atoms with Crippen LogP contribution in [0.1, 0.15) is 47.9 Å². The van der Waals surface area contributed by atoms with E-state index in [0.29, 0.717) is 0 Å². The maximum Gasteiger partial charge on any atom is 0.310 e. The number of hydrogen-bond donors (Lipinski definition) is 1. The van der Waals surface area contributed by atoms with Gasteiger partial charge >= 0.3 is 5.97 Å². The Bertz CT molecular complexity index is 805. The molecule has 0 spiro atoms. The molecule has 0 saturated carbocycles. The maximum absolute atomic E-state index is 10.8. The highest BCUT2D eigenvalue weighted by molar-refractivity contribution is 5.77. The van der Waals surface area contributed by atoms with Crippen molar-refractivity contribution in [2.75, 3.05) is 0 Å². The fourth-order valence-corrected chi connectivity index (χ4v) is 3.73. The first-order chi connectivity index (χ1) is 11.5. The van der Waals surface area contributed by atoms with E-state index in [1.54, 1.807) is 0 Å². The molecule has 0 aliphatic heterocycles. The molecule has 2 aliphatic rings. The van der Waals surface area contributed by atoms with Crippen LogP contribution in [0.25, 0.3) is 0 Å². The molecule has 0 heterocycles. The van der Waals surface area contributed by atoms with Gasteiger partial charge in [0, 0.05) is 0 Å². The molecule has 0 aromatic heterocycles. The lowest BCUT2D eigenvalue weighted by molar-refractivity contribution is -0.138. The predicted octanol–water partition coefficient (Wildman–Crippen LogP) is 4.22. The van der Waals surface area contributed by atoms with Gasteiger partial charge in [-0.3, -0.25) is 4.79 Å². The van der Waals surface area contributed by atoms with Gasteiger partial charge in [0.25, 0.3) is 0 Å². The second kappa shape index (κ2) is 6.49. The van der Waals surface area contributed by atoms with Gasteiger partial charge in [-0.2, -0.15) is 5.26 Å². The number of aliphatic carboxylic acids is 1. The van der Waals surface area contributed by atoms with Crippen molar-refractivity contribution in [2.45, 2.75) is 43.9 Å². The summed E-state index contributed by atoms with van der Waals surface area (Å²) in [5, 5.41) is 17.9. The van der Waals surface area contributed by atoms with Gasteiger partial charge < -0.3 is 5.11 Å². The minimum absolute atomic E-state index is 0.226. The van der Waals surface area contributed by atoms with E-state index in [4.69, 9.17) is 10.4 Å². The zero-order chi connectivity index (χ0) is 17.2. The Morgan fingerprint density at radius 1 is 1.12 bits per heavy atom. The smallest absolute Gasteiger partial charge is 0.310 e. The van der Waals surface area contributed by atoms with Gasteiger partial charge in [0.1, 0.15) is 0 Å². The summed E-state index contributed by atoms with van der Waals surface area (Å²) in [5.74, 6) is -0.957. The van der Waals surface area contributed by atoms with Crippen molar-refractivity contribution in [3.8, 4) is 6.07 Å². The van der Waals surface area contributed by atoms with E-state index < -0.39 is 5.97 Å². The van der Waals surface area contributed by atoms with Crippen LogP contribution in [0.15, 0.2) is 48.5 Å². The lowest BCUT2D eigenvalue weighted by Crippen LogP contribution is -2.14. The first-order valence-corrected chi connectivity index (χ1v) is 8.35. The van der Waals surface area contributed by atoms with Gasteiger partial charge in [-0.25, -0.2) is 0 Å². The third-order valence-electron chi connectivity index (χ3n) is 5.18. The summed E-state index contributed by atoms with van der Waals surface area (Å²) in [6, 6.07) is 18.4. The van der Waals surface area contributed by atoms with Crippen LogP contribution in [0.5, 0.6) is 0 Å². The Morgan fingerprint density at radius 2 is 1.79 bits per heavy atom. The molecule has 122 valence electrons. The molecule has 2 atom stereocenters. The molecule has 2 aromatic rings. The van der Waals surface area contributed by atoms with E-state index in [1.807, 2.05) is 43.3 Å². The number of nitrogens with zero attached hydrogens (tertiary/aromatic N) is 1. The van der Waals surface area contributed by atoms with E-state index >= 15 is 0 Å². The molecule has 0 fully saturated rings. The van der Waals surface area contributed by atoms with Gasteiger partial charge in [0.15, 0.2) is 0 Å². The van der Waals surface area contributed by atoms with Gasteiger partial charge in [-0.15, -0.1) is 0 Å². The van der Waals surface area contributed by atoms with E-state index in [9.17, 15) is 4.79 Å². The molecule has 3 nitrogen and oxygen atoms in total. The van der Waals surface area contributed by atoms with E-state index in [0.717, 1.165) is 31.2 Å². The third-order valence-corrected chi connectivity index (χ3v) is 5.18. The number of fused-ring (bicyclic) bond motifs is 2. The zero-order valence-electron chi connectivity index (χ0n) is 13.8. The Balaban J connectivity index is 0.000000141. The Kier molecular flexibility index (Phi) is 4.40. The van der Waals surface area contributed by atoms with Crippen LogP contribution in [0.3, 0.4) is 0 Å². The summed E-state index contributed by atoms with van der Waals surface area (Å²) in [4.78, 5) is 10.8. The second-order valence-electron chi connectivity index (χ2n) is 6.73. The quantitative estimate of drug-likeness (QED) is 0.856. The molecule has 0 saturated heterocycles. The zero-order valence-corrected chi connectivity index (χ0v) is 13.8. The molecule has 1 N–H and O–H groups in total. The molecule has 0 bridgehead atoms. The van der Waals surface area contributed by atoms with Crippen molar-refractivity contribution in [3.63, 3.8) is 0 Å². The van der Waals surface area contributed by atoms with E-state index in [2.05, 4.69) is 18.2 Å². The summed E-state index contributed by atoms with van der Waals surface area (Å²) in [5.41, 5.74) is 4.56. The molecular weight excluding hydrogens is 298 g/mol. The number of carboxylic acid groups (broad SMARTS) is 1. The average molecular weight is 319 g/mol. The molecule has 2 aromatic carbocycles. The number of nitriles is 1. The summed E-state index contributed by atoms with van der Waals surface area (Å²) in [6.45, 7) is 2.03. The first-order valence-electron chi connectivity index (χ1n) is 8.35.